The molecule has 134 valence electrons. The molecule has 0 amide bonds. The van der Waals surface area contributed by atoms with E-state index in [1.165, 1.54) is 18.6 Å². The molecule has 1 heterocycles. The van der Waals surface area contributed by atoms with Crippen molar-refractivity contribution < 1.29 is 17.6 Å². The summed E-state index contributed by atoms with van der Waals surface area (Å²) in [7, 11) is -0.0936. The van der Waals surface area contributed by atoms with Gasteiger partial charge < -0.3 is 0 Å². The second kappa shape index (κ2) is 7.07. The number of halogens is 1. The van der Waals surface area contributed by atoms with Gasteiger partial charge in [0, 0.05) is 20.1 Å². The number of nitrogens with zero attached hydrogens (tertiary/aromatic N) is 2. The molecule has 0 radical (unpaired) electrons. The van der Waals surface area contributed by atoms with E-state index in [-0.39, 0.29) is 18.5 Å². The van der Waals surface area contributed by atoms with Crippen LogP contribution in [0.1, 0.15) is 43.7 Å². The van der Waals surface area contributed by atoms with E-state index >= 15 is 0 Å². The summed E-state index contributed by atoms with van der Waals surface area (Å²) in [6.45, 7) is 0.123. The van der Waals surface area contributed by atoms with Crippen molar-refractivity contribution in [2.24, 2.45) is 0 Å². The van der Waals surface area contributed by atoms with Crippen LogP contribution in [-0.2, 0) is 14.9 Å². The van der Waals surface area contributed by atoms with Crippen molar-refractivity contribution in [3.05, 3.63) is 35.6 Å². The van der Waals surface area contributed by atoms with E-state index in [0.717, 1.165) is 31.2 Å². The normalized spacial score (nSPS) is 27.0. The Bertz CT molecular complexity index is 659. The van der Waals surface area contributed by atoms with Crippen LogP contribution in [0.4, 0.5) is 4.39 Å². The fourth-order valence-electron chi connectivity index (χ4n) is 3.80. The van der Waals surface area contributed by atoms with E-state index < -0.39 is 21.3 Å². The molecular weight excluding hydrogens is 331 g/mol. The van der Waals surface area contributed by atoms with Crippen LogP contribution in [0.25, 0.3) is 0 Å². The highest BCUT2D eigenvalue weighted by molar-refractivity contribution is 7.89. The van der Waals surface area contributed by atoms with E-state index in [2.05, 4.69) is 0 Å². The number of hydroxylamine groups is 2. The van der Waals surface area contributed by atoms with Crippen LogP contribution in [-0.4, -0.2) is 49.8 Å². The van der Waals surface area contributed by atoms with Gasteiger partial charge in [0.2, 0.25) is 10.0 Å². The Balaban J connectivity index is 1.86. The summed E-state index contributed by atoms with van der Waals surface area (Å²) in [5, 5.41) is 0.893. The van der Waals surface area contributed by atoms with E-state index in [9.17, 15) is 12.8 Å². The van der Waals surface area contributed by atoms with Crippen molar-refractivity contribution in [1.29, 1.82) is 0 Å². The summed E-state index contributed by atoms with van der Waals surface area (Å²) in [6, 6.07) is 5.62. The van der Waals surface area contributed by atoms with Gasteiger partial charge in [-0.15, -0.1) is 0 Å². The Morgan fingerprint density at radius 2 is 1.79 bits per heavy atom. The molecular formula is C17H25FN2O3S. The van der Waals surface area contributed by atoms with Crippen molar-refractivity contribution in [2.75, 3.05) is 20.7 Å². The average molecular weight is 356 g/mol. The SMILES string of the molecule is CN1OC[C@H](S(=O)(=O)N(C)C2CCCCC2)[C@H]1c1ccc(F)cc1. The molecule has 1 aliphatic heterocycles. The zero-order valence-electron chi connectivity index (χ0n) is 14.2. The zero-order chi connectivity index (χ0) is 17.3. The van der Waals surface area contributed by atoms with E-state index in [0.29, 0.717) is 0 Å². The number of hydrogen-bond acceptors (Lipinski definition) is 4. The molecule has 1 aromatic carbocycles. The highest BCUT2D eigenvalue weighted by Gasteiger charge is 2.46. The molecule has 2 atom stereocenters. The lowest BCUT2D eigenvalue weighted by molar-refractivity contribution is -0.110. The van der Waals surface area contributed by atoms with Crippen molar-refractivity contribution in [2.45, 2.75) is 49.4 Å². The summed E-state index contributed by atoms with van der Waals surface area (Å²) >= 11 is 0. The van der Waals surface area contributed by atoms with Gasteiger partial charge in [0.05, 0.1) is 12.6 Å². The highest BCUT2D eigenvalue weighted by atomic mass is 32.2. The van der Waals surface area contributed by atoms with Crippen LogP contribution in [0, 0.1) is 5.82 Å². The Kier molecular flexibility index (Phi) is 5.24. The third-order valence-corrected chi connectivity index (χ3v) is 7.53. The first-order chi connectivity index (χ1) is 11.4. The minimum Gasteiger partial charge on any atom is -0.297 e. The summed E-state index contributed by atoms with van der Waals surface area (Å²) in [4.78, 5) is 5.52. The Morgan fingerprint density at radius 3 is 2.42 bits per heavy atom. The first-order valence-corrected chi connectivity index (χ1v) is 9.99. The fraction of sp³-hybridized carbons (Fsp3) is 0.647. The largest absolute Gasteiger partial charge is 0.297 e. The van der Waals surface area contributed by atoms with Gasteiger partial charge in [-0.05, 0) is 30.5 Å². The van der Waals surface area contributed by atoms with Gasteiger partial charge in [0.25, 0.3) is 0 Å². The number of sulfonamides is 1. The lowest BCUT2D eigenvalue weighted by Crippen LogP contribution is -2.45. The molecule has 1 aromatic rings. The molecule has 0 aromatic heterocycles. The van der Waals surface area contributed by atoms with Crippen molar-refractivity contribution in [3.63, 3.8) is 0 Å². The lowest BCUT2D eigenvalue weighted by Gasteiger charge is -2.33. The Labute approximate surface area is 143 Å². The predicted octanol–water partition coefficient (Wildman–Crippen LogP) is 2.71. The van der Waals surface area contributed by atoms with Gasteiger partial charge in [-0.25, -0.2) is 17.1 Å². The third-order valence-electron chi connectivity index (χ3n) is 5.27. The smallest absolute Gasteiger partial charge is 0.221 e. The van der Waals surface area contributed by atoms with Crippen molar-refractivity contribution >= 4 is 10.0 Å². The predicted molar refractivity (Wildman–Crippen MR) is 90.2 cm³/mol. The monoisotopic (exact) mass is 356 g/mol. The van der Waals surface area contributed by atoms with Crippen LogP contribution in [0.3, 0.4) is 0 Å². The molecule has 0 spiro atoms. The summed E-state index contributed by atoms with van der Waals surface area (Å²) < 4.78 is 41.1. The molecule has 1 saturated heterocycles. The van der Waals surface area contributed by atoms with Gasteiger partial charge in [-0.3, -0.25) is 4.84 Å². The van der Waals surface area contributed by atoms with Gasteiger partial charge >= 0.3 is 0 Å². The van der Waals surface area contributed by atoms with Crippen LogP contribution in [0.15, 0.2) is 24.3 Å². The molecule has 24 heavy (non-hydrogen) atoms. The first kappa shape index (κ1) is 17.8. The molecule has 2 aliphatic rings. The maximum Gasteiger partial charge on any atom is 0.221 e. The molecule has 7 heteroatoms. The van der Waals surface area contributed by atoms with Gasteiger partial charge in [-0.1, -0.05) is 31.4 Å². The maximum atomic E-state index is 13.2. The van der Waals surface area contributed by atoms with E-state index in [4.69, 9.17) is 4.84 Å². The topological polar surface area (TPSA) is 49.9 Å². The highest BCUT2D eigenvalue weighted by Crippen LogP contribution is 2.36. The first-order valence-electron chi connectivity index (χ1n) is 8.49. The minimum absolute atomic E-state index is 0.0727. The van der Waals surface area contributed by atoms with E-state index in [1.54, 1.807) is 35.6 Å². The van der Waals surface area contributed by atoms with Crippen molar-refractivity contribution in [1.82, 2.24) is 9.37 Å². The van der Waals surface area contributed by atoms with Crippen LogP contribution in [0.5, 0.6) is 0 Å². The maximum absolute atomic E-state index is 13.2. The molecule has 1 saturated carbocycles. The lowest BCUT2D eigenvalue weighted by atomic mass is 9.96. The second-order valence-corrected chi connectivity index (χ2v) is 8.94. The molecule has 3 rings (SSSR count). The molecule has 0 N–H and O–H groups in total. The number of benzene rings is 1. The molecule has 5 nitrogen and oxygen atoms in total. The van der Waals surface area contributed by atoms with Crippen molar-refractivity contribution in [3.8, 4) is 0 Å². The minimum atomic E-state index is -3.51. The molecule has 0 unspecified atom stereocenters. The van der Waals surface area contributed by atoms with Crippen LogP contribution >= 0.6 is 0 Å². The van der Waals surface area contributed by atoms with Gasteiger partial charge in [0.15, 0.2) is 0 Å². The fourth-order valence-corrected chi connectivity index (χ4v) is 5.74. The third kappa shape index (κ3) is 3.35. The summed E-state index contributed by atoms with van der Waals surface area (Å²) in [5.74, 6) is -0.334. The Hall–Kier alpha value is -1.02. The second-order valence-electron chi connectivity index (χ2n) is 6.73. The standard InChI is InChI=1S/C17H25FN2O3S/c1-19-17(13-8-10-14(18)11-9-13)16(12-23-19)24(21,22)20(2)15-6-4-3-5-7-15/h8-11,15-17H,3-7,12H2,1-2H3/t16-,17+/m0/s1. The van der Waals surface area contributed by atoms with E-state index in [1.807, 2.05) is 0 Å². The number of hydrogen-bond donors (Lipinski definition) is 0. The summed E-state index contributed by atoms with van der Waals surface area (Å²) in [6.07, 6.45) is 5.17. The van der Waals surface area contributed by atoms with Crippen LogP contribution < -0.4 is 0 Å². The molecule has 2 fully saturated rings. The molecule has 1 aliphatic carbocycles. The average Bonchev–Trinajstić information content (AvgIpc) is 2.98. The van der Waals surface area contributed by atoms with Gasteiger partial charge in [0.1, 0.15) is 11.1 Å². The summed E-state index contributed by atoms with van der Waals surface area (Å²) in [5.41, 5.74) is 0.752. The quantitative estimate of drug-likeness (QED) is 0.832. The van der Waals surface area contributed by atoms with Crippen LogP contribution in [0.2, 0.25) is 0 Å². The van der Waals surface area contributed by atoms with Gasteiger partial charge in [-0.2, -0.15) is 5.06 Å². The Morgan fingerprint density at radius 1 is 1.17 bits per heavy atom. The number of rotatable bonds is 4. The molecule has 0 bridgehead atoms. The zero-order valence-corrected chi connectivity index (χ0v) is 15.0.